The molecule has 174 valence electrons. The zero-order valence-electron chi connectivity index (χ0n) is 17.8. The summed E-state index contributed by atoms with van der Waals surface area (Å²) >= 11 is 6.10. The largest absolute Gasteiger partial charge is 0.428 e. The van der Waals surface area contributed by atoms with E-state index < -0.39 is 11.7 Å². The van der Waals surface area contributed by atoms with Gasteiger partial charge in [-0.1, -0.05) is 29.8 Å². The number of hydrogen-bond acceptors (Lipinski definition) is 3. The molecule has 3 aromatic rings. The summed E-state index contributed by atoms with van der Waals surface area (Å²) in [5, 5.41) is 15.0. The Morgan fingerprint density at radius 1 is 1.21 bits per heavy atom. The Morgan fingerprint density at radius 3 is 2.61 bits per heavy atom. The first-order valence-corrected chi connectivity index (χ1v) is 11.1. The highest BCUT2D eigenvalue weighted by molar-refractivity contribution is 6.31. The number of halogens is 4. The number of pyridine rings is 1. The van der Waals surface area contributed by atoms with Gasteiger partial charge < -0.3 is 10.5 Å². The Morgan fingerprint density at radius 2 is 1.94 bits per heavy atom. The van der Waals surface area contributed by atoms with E-state index in [9.17, 15) is 23.2 Å². The van der Waals surface area contributed by atoms with Gasteiger partial charge in [-0.25, -0.2) is 0 Å². The summed E-state index contributed by atoms with van der Waals surface area (Å²) in [5.41, 5.74) is 1.30. The van der Waals surface area contributed by atoms with Gasteiger partial charge in [0.15, 0.2) is 5.43 Å². The number of hydrogen-bond donors (Lipinski definition) is 2. The van der Waals surface area contributed by atoms with Crippen LogP contribution < -0.4 is 10.7 Å². The quantitative estimate of drug-likeness (QED) is 0.265. The molecular formula is C25H24ClF3N2O2. The van der Waals surface area contributed by atoms with Crippen LogP contribution >= 0.6 is 11.6 Å². The molecule has 8 heteroatoms. The van der Waals surface area contributed by atoms with Crippen LogP contribution in [0, 0.1) is 0 Å². The van der Waals surface area contributed by atoms with E-state index in [0.717, 1.165) is 22.4 Å². The van der Waals surface area contributed by atoms with Crippen molar-refractivity contribution in [2.24, 2.45) is 0 Å². The molecule has 0 saturated heterocycles. The highest BCUT2D eigenvalue weighted by Crippen LogP contribution is 2.41. The van der Waals surface area contributed by atoms with Gasteiger partial charge in [0, 0.05) is 17.1 Å². The monoisotopic (exact) mass is 476 g/mol. The summed E-state index contributed by atoms with van der Waals surface area (Å²) < 4.78 is 40.1. The third-order valence-electron chi connectivity index (χ3n) is 6.33. The topological polar surface area (TPSA) is 54.3 Å². The highest BCUT2D eigenvalue weighted by atomic mass is 35.5. The molecule has 2 unspecified atom stereocenters. The van der Waals surface area contributed by atoms with Crippen molar-refractivity contribution in [3.63, 3.8) is 0 Å². The molecule has 1 heterocycles. The average Bonchev–Trinajstić information content (AvgIpc) is 2.79. The smallest absolute Gasteiger partial charge is 0.416 e. The summed E-state index contributed by atoms with van der Waals surface area (Å²) in [6, 6.07) is 9.91. The Kier molecular flexibility index (Phi) is 6.54. The van der Waals surface area contributed by atoms with E-state index in [1.807, 2.05) is 0 Å². The van der Waals surface area contributed by atoms with Gasteiger partial charge in [0.1, 0.15) is 0 Å². The zero-order valence-corrected chi connectivity index (χ0v) is 18.6. The second kappa shape index (κ2) is 9.23. The van der Waals surface area contributed by atoms with E-state index >= 15 is 0 Å². The van der Waals surface area contributed by atoms with Gasteiger partial charge in [0.2, 0.25) is 0 Å². The lowest BCUT2D eigenvalue weighted by molar-refractivity contribution is -0.137. The van der Waals surface area contributed by atoms with Crippen LogP contribution in [0.3, 0.4) is 0 Å². The molecule has 0 aliphatic heterocycles. The lowest BCUT2D eigenvalue weighted by atomic mass is 9.74. The normalized spacial score (nSPS) is 18.3. The van der Waals surface area contributed by atoms with E-state index in [4.69, 9.17) is 11.6 Å². The minimum Gasteiger partial charge on any atom is -0.428 e. The molecule has 4 nitrogen and oxygen atoms in total. The van der Waals surface area contributed by atoms with Crippen LogP contribution in [0.4, 0.5) is 13.2 Å². The molecule has 33 heavy (non-hydrogen) atoms. The van der Waals surface area contributed by atoms with Crippen molar-refractivity contribution in [1.82, 2.24) is 10.0 Å². The van der Waals surface area contributed by atoms with Crippen molar-refractivity contribution in [2.75, 3.05) is 13.1 Å². The molecule has 0 saturated carbocycles. The van der Waals surface area contributed by atoms with Crippen LogP contribution in [0.2, 0.25) is 5.02 Å². The van der Waals surface area contributed by atoms with Gasteiger partial charge in [-0.2, -0.15) is 17.9 Å². The third-order valence-corrected chi connectivity index (χ3v) is 6.56. The van der Waals surface area contributed by atoms with Crippen molar-refractivity contribution in [2.45, 2.75) is 37.3 Å². The van der Waals surface area contributed by atoms with Gasteiger partial charge in [0.25, 0.3) is 0 Å². The van der Waals surface area contributed by atoms with Crippen molar-refractivity contribution in [3.8, 4) is 0 Å². The first kappa shape index (κ1) is 23.4. The Balaban J connectivity index is 1.77. The van der Waals surface area contributed by atoms with Gasteiger partial charge in [0.05, 0.1) is 22.2 Å². The van der Waals surface area contributed by atoms with E-state index in [1.165, 1.54) is 12.1 Å². The molecular weight excluding hydrogens is 453 g/mol. The maximum atomic E-state index is 13.4. The lowest BCUT2D eigenvalue weighted by Gasteiger charge is -2.33. The molecule has 2 aromatic carbocycles. The van der Waals surface area contributed by atoms with E-state index in [2.05, 4.69) is 11.9 Å². The van der Waals surface area contributed by atoms with Crippen LogP contribution in [0.5, 0.6) is 0 Å². The molecule has 1 aliphatic rings. The van der Waals surface area contributed by atoms with Gasteiger partial charge >= 0.3 is 6.18 Å². The lowest BCUT2D eigenvalue weighted by Crippen LogP contribution is -2.31. The van der Waals surface area contributed by atoms with E-state index in [-0.39, 0.29) is 17.3 Å². The fraction of sp³-hybridized carbons (Fsp3) is 0.320. The van der Waals surface area contributed by atoms with Crippen LogP contribution in [-0.4, -0.2) is 23.0 Å². The molecule has 0 spiro atoms. The Bertz CT molecular complexity index is 1240. The summed E-state index contributed by atoms with van der Waals surface area (Å²) in [7, 11) is 0. The van der Waals surface area contributed by atoms with Gasteiger partial charge in [-0.15, -0.1) is 6.58 Å². The number of alkyl halides is 3. The summed E-state index contributed by atoms with van der Waals surface area (Å²) in [6.07, 6.45) is -1.07. The second-order valence-electron chi connectivity index (χ2n) is 8.40. The molecule has 0 fully saturated rings. The number of benzene rings is 2. The molecule has 1 aliphatic carbocycles. The number of nitrogens with one attached hydrogen (secondary N) is 1. The number of rotatable bonds is 6. The van der Waals surface area contributed by atoms with Crippen LogP contribution in [0.25, 0.3) is 10.9 Å². The molecule has 1 aromatic heterocycles. The fourth-order valence-corrected chi connectivity index (χ4v) is 4.92. The highest BCUT2D eigenvalue weighted by Gasteiger charge is 2.34. The zero-order chi connectivity index (χ0) is 23.8. The number of fused-ring (bicyclic) bond motifs is 2. The van der Waals surface area contributed by atoms with E-state index in [1.54, 1.807) is 24.3 Å². The third kappa shape index (κ3) is 4.66. The molecule has 0 bridgehead atoms. The minimum atomic E-state index is -4.40. The van der Waals surface area contributed by atoms with Crippen LogP contribution in [-0.2, 0) is 12.6 Å². The molecule has 0 amide bonds. The number of nitrogens with zero attached hydrogens (tertiary/aromatic N) is 1. The Hall–Kier alpha value is -2.77. The van der Waals surface area contributed by atoms with Crippen molar-refractivity contribution < 1.29 is 18.4 Å². The molecule has 4 rings (SSSR count). The maximum absolute atomic E-state index is 13.4. The van der Waals surface area contributed by atoms with Crippen molar-refractivity contribution in [1.29, 1.82) is 0 Å². The standard InChI is InChI=1S/C25H24ClF3N2O2/c1-2-10-30-11-9-16-12-17(15-3-5-18(6-4-15)25(27,28)29)13-22-23(16)24(32)20-14-19(26)7-8-21(20)31(22)33/h2-8,14,16-17,30,33H,1,9-13H2. The predicted octanol–water partition coefficient (Wildman–Crippen LogP) is 5.89. The summed E-state index contributed by atoms with van der Waals surface area (Å²) in [5.74, 6) is -0.306. The average molecular weight is 477 g/mol. The minimum absolute atomic E-state index is 0.133. The first-order valence-electron chi connectivity index (χ1n) is 10.8. The van der Waals surface area contributed by atoms with Crippen LogP contribution in [0.1, 0.15) is 47.1 Å². The van der Waals surface area contributed by atoms with Gasteiger partial charge in [-0.3, -0.25) is 4.79 Å². The second-order valence-corrected chi connectivity index (χ2v) is 8.83. The summed E-state index contributed by atoms with van der Waals surface area (Å²) in [4.78, 5) is 13.4. The SMILES string of the molecule is C=CCNCCC1CC(c2ccc(C(F)(F)F)cc2)Cc2c1c(=O)c1cc(Cl)ccc1n2O. The van der Waals surface area contributed by atoms with Crippen molar-refractivity contribution >= 4 is 22.5 Å². The molecule has 2 N–H and O–H groups in total. The van der Waals surface area contributed by atoms with E-state index in [0.29, 0.717) is 59.5 Å². The number of aromatic nitrogens is 1. The van der Waals surface area contributed by atoms with Crippen molar-refractivity contribution in [3.05, 3.63) is 92.7 Å². The first-order chi connectivity index (χ1) is 15.7. The van der Waals surface area contributed by atoms with Crippen LogP contribution in [0.15, 0.2) is 59.9 Å². The Labute approximate surface area is 194 Å². The molecule has 0 radical (unpaired) electrons. The predicted molar refractivity (Wildman–Crippen MR) is 123 cm³/mol. The fourth-order valence-electron chi connectivity index (χ4n) is 4.75. The maximum Gasteiger partial charge on any atom is 0.416 e. The van der Waals surface area contributed by atoms with Gasteiger partial charge in [-0.05, 0) is 73.5 Å². The molecule has 2 atom stereocenters. The summed E-state index contributed by atoms with van der Waals surface area (Å²) in [6.45, 7) is 4.94.